The molecule has 1 unspecified atom stereocenters. The van der Waals surface area contributed by atoms with E-state index < -0.39 is 0 Å². The Labute approximate surface area is 154 Å². The van der Waals surface area contributed by atoms with Crippen LogP contribution in [0.3, 0.4) is 0 Å². The van der Waals surface area contributed by atoms with Crippen molar-refractivity contribution in [3.8, 4) is 5.75 Å². The summed E-state index contributed by atoms with van der Waals surface area (Å²) in [5.41, 5.74) is 1.13. The van der Waals surface area contributed by atoms with Gasteiger partial charge in [0.05, 0.1) is 13.0 Å². The molecule has 0 aromatic heterocycles. The molecule has 26 heavy (non-hydrogen) atoms. The van der Waals surface area contributed by atoms with Crippen molar-refractivity contribution in [3.63, 3.8) is 0 Å². The lowest BCUT2D eigenvalue weighted by Gasteiger charge is -2.17. The maximum atomic E-state index is 12.2. The van der Waals surface area contributed by atoms with Crippen LogP contribution in [0.4, 0.5) is 0 Å². The second-order valence-electron chi connectivity index (χ2n) is 6.55. The molecular weight excluding hydrogens is 328 g/mol. The van der Waals surface area contributed by atoms with Gasteiger partial charge in [-0.25, -0.2) is 0 Å². The number of nitrogens with zero attached hydrogens (tertiary/aromatic N) is 1. The minimum absolute atomic E-state index is 0.0464. The lowest BCUT2D eigenvalue weighted by molar-refractivity contribution is -0.128. The molecule has 1 aliphatic heterocycles. The molecule has 2 amide bonds. The maximum absolute atomic E-state index is 12.2. The summed E-state index contributed by atoms with van der Waals surface area (Å²) in [5, 5.41) is 2.92. The normalized spacial score (nSPS) is 16.5. The molecule has 0 radical (unpaired) electrons. The van der Waals surface area contributed by atoms with Gasteiger partial charge in [0.15, 0.2) is 0 Å². The zero-order chi connectivity index (χ0) is 18.2. The first kappa shape index (κ1) is 18.0. The molecule has 0 aliphatic carbocycles. The van der Waals surface area contributed by atoms with E-state index in [1.165, 1.54) is 0 Å². The standard InChI is InChI=1S/C21H24N2O3/c24-20(11-12-26-19-9-5-2-6-10-19)22-14-18-13-21(25)23(16-18)15-17-7-3-1-4-8-17/h1-10,18H,11-16H2,(H,22,24). The fourth-order valence-electron chi connectivity index (χ4n) is 3.07. The summed E-state index contributed by atoms with van der Waals surface area (Å²) in [6.45, 7) is 2.20. The van der Waals surface area contributed by atoms with E-state index in [2.05, 4.69) is 5.32 Å². The monoisotopic (exact) mass is 352 g/mol. The van der Waals surface area contributed by atoms with Gasteiger partial charge in [-0.05, 0) is 17.7 Å². The van der Waals surface area contributed by atoms with Crippen molar-refractivity contribution in [2.45, 2.75) is 19.4 Å². The van der Waals surface area contributed by atoms with Gasteiger partial charge in [0.25, 0.3) is 0 Å². The van der Waals surface area contributed by atoms with Gasteiger partial charge in [-0.2, -0.15) is 0 Å². The lowest BCUT2D eigenvalue weighted by atomic mass is 10.1. The summed E-state index contributed by atoms with van der Waals surface area (Å²) < 4.78 is 5.53. The van der Waals surface area contributed by atoms with E-state index in [0.29, 0.717) is 39.1 Å². The number of carbonyl (C=O) groups excluding carboxylic acids is 2. The largest absolute Gasteiger partial charge is 0.493 e. The zero-order valence-corrected chi connectivity index (χ0v) is 14.8. The molecule has 0 saturated carbocycles. The number of hydrogen-bond acceptors (Lipinski definition) is 3. The van der Waals surface area contributed by atoms with Crippen LogP contribution in [0.25, 0.3) is 0 Å². The van der Waals surface area contributed by atoms with Gasteiger partial charge < -0.3 is 15.0 Å². The Balaban J connectivity index is 1.35. The van der Waals surface area contributed by atoms with E-state index in [4.69, 9.17) is 4.74 Å². The highest BCUT2D eigenvalue weighted by molar-refractivity contribution is 5.79. The summed E-state index contributed by atoms with van der Waals surface area (Å²) in [4.78, 5) is 26.0. The van der Waals surface area contributed by atoms with E-state index in [0.717, 1.165) is 11.3 Å². The number of amides is 2. The van der Waals surface area contributed by atoms with Gasteiger partial charge in [0, 0.05) is 32.0 Å². The molecule has 1 atom stereocenters. The number of ether oxygens (including phenoxy) is 1. The molecule has 0 spiro atoms. The Morgan fingerprint density at radius 2 is 1.77 bits per heavy atom. The molecule has 2 aromatic rings. The summed E-state index contributed by atoms with van der Waals surface area (Å²) in [5.74, 6) is 1.04. The van der Waals surface area contributed by atoms with Crippen LogP contribution in [0.15, 0.2) is 60.7 Å². The molecule has 2 aromatic carbocycles. The van der Waals surface area contributed by atoms with Gasteiger partial charge in [0.1, 0.15) is 5.75 Å². The van der Waals surface area contributed by atoms with Crippen molar-refractivity contribution in [2.75, 3.05) is 19.7 Å². The van der Waals surface area contributed by atoms with Gasteiger partial charge in [-0.3, -0.25) is 9.59 Å². The summed E-state index contributed by atoms with van der Waals surface area (Å²) in [7, 11) is 0. The molecule has 0 bridgehead atoms. The molecule has 5 nitrogen and oxygen atoms in total. The van der Waals surface area contributed by atoms with E-state index in [-0.39, 0.29) is 17.7 Å². The summed E-state index contributed by atoms with van der Waals surface area (Å²) in [6, 6.07) is 19.4. The second-order valence-corrected chi connectivity index (χ2v) is 6.55. The highest BCUT2D eigenvalue weighted by atomic mass is 16.5. The Morgan fingerprint density at radius 3 is 2.50 bits per heavy atom. The average Bonchev–Trinajstić information content (AvgIpc) is 3.01. The molecule has 1 aliphatic rings. The number of carbonyl (C=O) groups is 2. The number of nitrogens with one attached hydrogen (secondary N) is 1. The van der Waals surface area contributed by atoms with E-state index in [1.807, 2.05) is 65.6 Å². The van der Waals surface area contributed by atoms with E-state index in [9.17, 15) is 9.59 Å². The number of likely N-dealkylation sites (tertiary alicyclic amines) is 1. The van der Waals surface area contributed by atoms with Crippen molar-refractivity contribution < 1.29 is 14.3 Å². The van der Waals surface area contributed by atoms with Crippen LogP contribution < -0.4 is 10.1 Å². The predicted molar refractivity (Wildman–Crippen MR) is 99.5 cm³/mol. The number of para-hydroxylation sites is 1. The summed E-state index contributed by atoms with van der Waals surface area (Å²) in [6.07, 6.45) is 0.802. The van der Waals surface area contributed by atoms with Gasteiger partial charge in [-0.1, -0.05) is 48.5 Å². The second kappa shape index (κ2) is 9.04. The highest BCUT2D eigenvalue weighted by Crippen LogP contribution is 2.19. The third kappa shape index (κ3) is 5.34. The molecule has 1 N–H and O–H groups in total. The number of rotatable bonds is 8. The molecule has 1 fully saturated rings. The number of benzene rings is 2. The molecule has 1 heterocycles. The quantitative estimate of drug-likeness (QED) is 0.794. The van der Waals surface area contributed by atoms with Crippen molar-refractivity contribution >= 4 is 11.8 Å². The first-order valence-corrected chi connectivity index (χ1v) is 8.97. The zero-order valence-electron chi connectivity index (χ0n) is 14.8. The Hall–Kier alpha value is -2.82. The van der Waals surface area contributed by atoms with Gasteiger partial charge in [-0.15, -0.1) is 0 Å². The lowest BCUT2D eigenvalue weighted by Crippen LogP contribution is -2.31. The van der Waals surface area contributed by atoms with Crippen LogP contribution in [-0.4, -0.2) is 36.4 Å². The van der Waals surface area contributed by atoms with Crippen molar-refractivity contribution in [2.24, 2.45) is 5.92 Å². The van der Waals surface area contributed by atoms with Crippen LogP contribution >= 0.6 is 0 Å². The van der Waals surface area contributed by atoms with Crippen molar-refractivity contribution in [1.29, 1.82) is 0 Å². The van der Waals surface area contributed by atoms with Crippen LogP contribution in [-0.2, 0) is 16.1 Å². The van der Waals surface area contributed by atoms with Crippen molar-refractivity contribution in [3.05, 3.63) is 66.2 Å². The Bertz CT molecular complexity index is 719. The van der Waals surface area contributed by atoms with Crippen LogP contribution in [0.2, 0.25) is 0 Å². The molecule has 5 heteroatoms. The van der Waals surface area contributed by atoms with Crippen LogP contribution in [0.5, 0.6) is 5.75 Å². The minimum Gasteiger partial charge on any atom is -0.493 e. The first-order valence-electron chi connectivity index (χ1n) is 8.97. The van der Waals surface area contributed by atoms with Crippen LogP contribution in [0, 0.1) is 5.92 Å². The minimum atomic E-state index is -0.0464. The maximum Gasteiger partial charge on any atom is 0.223 e. The topological polar surface area (TPSA) is 58.6 Å². The predicted octanol–water partition coefficient (Wildman–Crippen LogP) is 2.62. The third-order valence-corrected chi connectivity index (χ3v) is 4.44. The van der Waals surface area contributed by atoms with E-state index in [1.54, 1.807) is 0 Å². The molecule has 3 rings (SSSR count). The molecular formula is C21H24N2O3. The van der Waals surface area contributed by atoms with Crippen molar-refractivity contribution in [1.82, 2.24) is 10.2 Å². The Morgan fingerprint density at radius 1 is 1.08 bits per heavy atom. The molecule has 1 saturated heterocycles. The van der Waals surface area contributed by atoms with Gasteiger partial charge >= 0.3 is 0 Å². The van der Waals surface area contributed by atoms with E-state index >= 15 is 0 Å². The molecule has 136 valence electrons. The fourth-order valence-corrected chi connectivity index (χ4v) is 3.07. The Kier molecular flexibility index (Phi) is 6.25. The SMILES string of the molecule is O=C(CCOc1ccccc1)NCC1CC(=O)N(Cc2ccccc2)C1. The van der Waals surface area contributed by atoms with Crippen LogP contribution in [0.1, 0.15) is 18.4 Å². The number of hydrogen-bond donors (Lipinski definition) is 1. The smallest absolute Gasteiger partial charge is 0.223 e. The fraction of sp³-hybridized carbons (Fsp3) is 0.333. The summed E-state index contributed by atoms with van der Waals surface area (Å²) >= 11 is 0. The average molecular weight is 352 g/mol. The van der Waals surface area contributed by atoms with Gasteiger partial charge in [0.2, 0.25) is 11.8 Å². The third-order valence-electron chi connectivity index (χ3n) is 4.44. The highest BCUT2D eigenvalue weighted by Gasteiger charge is 2.29. The first-order chi connectivity index (χ1) is 12.7.